The molecule has 0 saturated heterocycles. The number of rotatable bonds is 2. The minimum Gasteiger partial charge on any atom is -0.468 e. The number of hydrogen-bond donors (Lipinski definition) is 1. The highest BCUT2D eigenvalue weighted by molar-refractivity contribution is 6.07. The van der Waals surface area contributed by atoms with Gasteiger partial charge in [0.2, 0.25) is 0 Å². The molecular formula is C18H20N2O2. The van der Waals surface area contributed by atoms with E-state index < -0.39 is 5.54 Å². The van der Waals surface area contributed by atoms with Crippen LogP contribution in [-0.4, -0.2) is 19.0 Å². The molecule has 0 saturated carbocycles. The lowest BCUT2D eigenvalue weighted by molar-refractivity contribution is -0.122. The van der Waals surface area contributed by atoms with Crippen LogP contribution in [0, 0.1) is 0 Å². The Hall–Kier alpha value is -2.62. The molecule has 1 aliphatic rings. The molecule has 0 unspecified atom stereocenters. The van der Waals surface area contributed by atoms with E-state index in [-0.39, 0.29) is 11.9 Å². The van der Waals surface area contributed by atoms with Crippen molar-refractivity contribution in [1.82, 2.24) is 5.32 Å². The summed E-state index contributed by atoms with van der Waals surface area (Å²) in [7, 11) is 1.49. The zero-order valence-electron chi connectivity index (χ0n) is 13.0. The summed E-state index contributed by atoms with van der Waals surface area (Å²) in [4.78, 5) is 17.1. The van der Waals surface area contributed by atoms with Crippen molar-refractivity contribution in [2.75, 3.05) is 7.11 Å². The summed E-state index contributed by atoms with van der Waals surface area (Å²) < 4.78 is 5.10. The van der Waals surface area contributed by atoms with Gasteiger partial charge in [0, 0.05) is 0 Å². The summed E-state index contributed by atoms with van der Waals surface area (Å²) in [5, 5.41) is 2.68. The number of aliphatic imine (C=N–C) groups is 1. The highest BCUT2D eigenvalue weighted by atomic mass is 16.5. The lowest BCUT2D eigenvalue weighted by atomic mass is 9.83. The van der Waals surface area contributed by atoms with Crippen molar-refractivity contribution in [1.29, 1.82) is 0 Å². The maximum atomic E-state index is 12.6. The Morgan fingerprint density at radius 3 is 1.73 bits per heavy atom. The molecule has 1 amide bonds. The normalized spacial score (nSPS) is 15.2. The SMILES string of the molecule is CC.COC1=NC(c2ccccc2)(c2ccccc2)C(=O)N1. The Balaban J connectivity index is 0.000000847. The molecule has 2 aromatic rings. The first-order valence-electron chi connectivity index (χ1n) is 7.34. The second-order valence-corrected chi connectivity index (χ2v) is 4.52. The van der Waals surface area contributed by atoms with Crippen molar-refractivity contribution in [3.63, 3.8) is 0 Å². The number of methoxy groups -OCH3 is 1. The first-order valence-corrected chi connectivity index (χ1v) is 7.34. The highest BCUT2D eigenvalue weighted by Crippen LogP contribution is 2.36. The van der Waals surface area contributed by atoms with Gasteiger partial charge in [0.25, 0.3) is 11.9 Å². The van der Waals surface area contributed by atoms with Crippen LogP contribution in [0.25, 0.3) is 0 Å². The molecule has 0 bridgehead atoms. The second kappa shape index (κ2) is 6.89. The number of hydrogen-bond acceptors (Lipinski definition) is 3. The molecule has 2 aromatic carbocycles. The monoisotopic (exact) mass is 296 g/mol. The standard InChI is InChI=1S/C16H14N2O2.C2H6/c1-20-15-17-14(19)16(18-15,12-8-4-2-5-9-12)13-10-6-3-7-11-13;1-2/h2-11H,1H3,(H,17,18,19);1-2H3. The summed E-state index contributed by atoms with van der Waals surface area (Å²) in [6.07, 6.45) is 0. The third-order valence-corrected chi connectivity index (χ3v) is 3.39. The number of amidine groups is 1. The van der Waals surface area contributed by atoms with Gasteiger partial charge in [-0.25, -0.2) is 4.99 Å². The van der Waals surface area contributed by atoms with E-state index in [0.717, 1.165) is 11.1 Å². The first-order chi connectivity index (χ1) is 10.8. The Kier molecular flexibility index (Phi) is 4.94. The van der Waals surface area contributed by atoms with E-state index in [9.17, 15) is 4.79 Å². The van der Waals surface area contributed by atoms with Crippen LogP contribution in [0.1, 0.15) is 25.0 Å². The van der Waals surface area contributed by atoms with E-state index >= 15 is 0 Å². The van der Waals surface area contributed by atoms with Gasteiger partial charge >= 0.3 is 0 Å². The van der Waals surface area contributed by atoms with Gasteiger partial charge in [-0.15, -0.1) is 0 Å². The minimum absolute atomic E-state index is 0.202. The molecule has 114 valence electrons. The zero-order chi connectivity index (χ0) is 16.0. The van der Waals surface area contributed by atoms with Gasteiger partial charge in [-0.2, -0.15) is 0 Å². The van der Waals surface area contributed by atoms with E-state index in [1.54, 1.807) is 0 Å². The first kappa shape index (κ1) is 15.8. The van der Waals surface area contributed by atoms with E-state index in [4.69, 9.17) is 4.74 Å². The lowest BCUT2D eigenvalue weighted by Crippen LogP contribution is -2.38. The number of carbonyl (C=O) groups is 1. The van der Waals surface area contributed by atoms with Crippen molar-refractivity contribution < 1.29 is 9.53 Å². The topological polar surface area (TPSA) is 50.7 Å². The lowest BCUT2D eigenvalue weighted by Gasteiger charge is -2.24. The average molecular weight is 296 g/mol. The fourth-order valence-corrected chi connectivity index (χ4v) is 2.43. The predicted octanol–water partition coefficient (Wildman–Crippen LogP) is 3.09. The van der Waals surface area contributed by atoms with Crippen LogP contribution in [0.3, 0.4) is 0 Å². The van der Waals surface area contributed by atoms with E-state index in [1.165, 1.54) is 7.11 Å². The van der Waals surface area contributed by atoms with Crippen molar-refractivity contribution in [3.8, 4) is 0 Å². The summed E-state index contributed by atoms with van der Waals surface area (Å²) in [5.41, 5.74) is 0.555. The summed E-state index contributed by atoms with van der Waals surface area (Å²) in [6.45, 7) is 4.00. The largest absolute Gasteiger partial charge is 0.468 e. The van der Waals surface area contributed by atoms with Crippen molar-refractivity contribution in [3.05, 3.63) is 71.8 Å². The maximum absolute atomic E-state index is 12.6. The molecule has 0 aliphatic carbocycles. The fourth-order valence-electron chi connectivity index (χ4n) is 2.43. The molecule has 22 heavy (non-hydrogen) atoms. The Morgan fingerprint density at radius 2 is 1.36 bits per heavy atom. The van der Waals surface area contributed by atoms with Gasteiger partial charge in [-0.3, -0.25) is 10.1 Å². The van der Waals surface area contributed by atoms with E-state index in [1.807, 2.05) is 74.5 Å². The molecule has 4 heteroatoms. The molecule has 0 spiro atoms. The molecule has 0 radical (unpaired) electrons. The van der Waals surface area contributed by atoms with Gasteiger partial charge < -0.3 is 4.74 Å². The third-order valence-electron chi connectivity index (χ3n) is 3.39. The van der Waals surface area contributed by atoms with Gasteiger partial charge in [0.1, 0.15) is 0 Å². The van der Waals surface area contributed by atoms with Gasteiger partial charge in [-0.05, 0) is 11.1 Å². The highest BCUT2D eigenvalue weighted by Gasteiger charge is 2.47. The molecule has 0 aromatic heterocycles. The van der Waals surface area contributed by atoms with E-state index in [0.29, 0.717) is 0 Å². The molecular weight excluding hydrogens is 276 g/mol. The van der Waals surface area contributed by atoms with Gasteiger partial charge in [-0.1, -0.05) is 74.5 Å². The number of nitrogens with zero attached hydrogens (tertiary/aromatic N) is 1. The van der Waals surface area contributed by atoms with Crippen LogP contribution in [0.2, 0.25) is 0 Å². The summed E-state index contributed by atoms with van der Waals surface area (Å²) in [6, 6.07) is 19.2. The molecule has 1 N–H and O–H groups in total. The number of carbonyl (C=O) groups excluding carboxylic acids is 1. The van der Waals surface area contributed by atoms with Crippen molar-refractivity contribution in [2.24, 2.45) is 4.99 Å². The smallest absolute Gasteiger partial charge is 0.293 e. The molecule has 1 heterocycles. The Labute approximate surface area is 130 Å². The summed E-state index contributed by atoms with van der Waals surface area (Å²) >= 11 is 0. The fraction of sp³-hybridized carbons (Fsp3) is 0.222. The number of ether oxygens (including phenoxy) is 1. The van der Waals surface area contributed by atoms with Crippen LogP contribution in [0.5, 0.6) is 0 Å². The van der Waals surface area contributed by atoms with E-state index in [2.05, 4.69) is 10.3 Å². The van der Waals surface area contributed by atoms with Crippen molar-refractivity contribution in [2.45, 2.75) is 19.4 Å². The number of amides is 1. The minimum atomic E-state index is -1.08. The van der Waals surface area contributed by atoms with Crippen LogP contribution >= 0.6 is 0 Å². The maximum Gasteiger partial charge on any atom is 0.293 e. The average Bonchev–Trinajstić information content (AvgIpc) is 2.96. The Morgan fingerprint density at radius 1 is 0.909 bits per heavy atom. The zero-order valence-corrected chi connectivity index (χ0v) is 13.0. The van der Waals surface area contributed by atoms with Gasteiger partial charge in [0.05, 0.1) is 7.11 Å². The van der Waals surface area contributed by atoms with Crippen LogP contribution in [0.4, 0.5) is 0 Å². The second-order valence-electron chi connectivity index (χ2n) is 4.52. The molecule has 1 aliphatic heterocycles. The third kappa shape index (κ3) is 2.60. The van der Waals surface area contributed by atoms with Crippen LogP contribution < -0.4 is 5.32 Å². The number of nitrogens with one attached hydrogen (secondary N) is 1. The Bertz CT molecular complexity index is 612. The van der Waals surface area contributed by atoms with Crippen LogP contribution in [0.15, 0.2) is 65.7 Å². The molecule has 0 fully saturated rings. The summed E-state index contributed by atoms with van der Waals surface area (Å²) in [5.74, 6) is -0.202. The quantitative estimate of drug-likeness (QED) is 0.926. The molecule has 3 rings (SSSR count). The van der Waals surface area contributed by atoms with Crippen LogP contribution in [-0.2, 0) is 15.1 Å². The molecule has 4 nitrogen and oxygen atoms in total. The predicted molar refractivity (Wildman–Crippen MR) is 87.6 cm³/mol. The van der Waals surface area contributed by atoms with Crippen molar-refractivity contribution >= 4 is 11.9 Å². The van der Waals surface area contributed by atoms with Gasteiger partial charge in [0.15, 0.2) is 5.54 Å². The number of benzene rings is 2. The molecule has 0 atom stereocenters.